The highest BCUT2D eigenvalue weighted by molar-refractivity contribution is 14.0. The van der Waals surface area contributed by atoms with Gasteiger partial charge in [0, 0.05) is 46.3 Å². The summed E-state index contributed by atoms with van der Waals surface area (Å²) in [4.78, 5) is 18.2. The summed E-state index contributed by atoms with van der Waals surface area (Å²) in [5, 5.41) is 6.16. The smallest absolute Gasteiger partial charge is 0.221 e. The maximum absolute atomic E-state index is 11.6. The van der Waals surface area contributed by atoms with Crippen LogP contribution in [0.15, 0.2) is 4.99 Å². The van der Waals surface area contributed by atoms with Crippen molar-refractivity contribution in [2.75, 3.05) is 46.4 Å². The van der Waals surface area contributed by atoms with Gasteiger partial charge in [-0.05, 0) is 19.3 Å². The van der Waals surface area contributed by atoms with Gasteiger partial charge in [0.25, 0.3) is 0 Å². The number of nitrogens with zero attached hydrogens (tertiary/aromatic N) is 2. The lowest BCUT2D eigenvalue weighted by atomic mass is 10.1. The average molecular weight is 454 g/mol. The molecule has 2 fully saturated rings. The van der Waals surface area contributed by atoms with Gasteiger partial charge in [-0.3, -0.25) is 9.79 Å². The van der Waals surface area contributed by atoms with Crippen LogP contribution in [0.3, 0.4) is 0 Å². The largest absolute Gasteiger partial charge is 0.375 e. The Morgan fingerprint density at radius 2 is 2.00 bits per heavy atom. The second-order valence-electron chi connectivity index (χ2n) is 5.98. The monoisotopic (exact) mass is 454 g/mol. The zero-order valence-electron chi connectivity index (χ0n) is 14.8. The highest BCUT2D eigenvalue weighted by atomic mass is 127. The summed E-state index contributed by atoms with van der Waals surface area (Å²) in [5.41, 5.74) is 0. The predicted molar refractivity (Wildman–Crippen MR) is 105 cm³/mol. The van der Waals surface area contributed by atoms with E-state index in [1.165, 1.54) is 0 Å². The number of rotatable bonds is 6. The molecule has 0 bridgehead atoms. The molecule has 2 unspecified atom stereocenters. The van der Waals surface area contributed by atoms with E-state index in [9.17, 15) is 4.79 Å². The number of amides is 1. The number of halogens is 1. The van der Waals surface area contributed by atoms with Crippen LogP contribution < -0.4 is 10.6 Å². The molecule has 0 aromatic carbocycles. The van der Waals surface area contributed by atoms with Crippen LogP contribution in [0, 0.1) is 0 Å². The van der Waals surface area contributed by atoms with Crippen LogP contribution >= 0.6 is 24.0 Å². The highest BCUT2D eigenvalue weighted by Crippen LogP contribution is 2.20. The third kappa shape index (κ3) is 6.72. The van der Waals surface area contributed by atoms with Crippen LogP contribution in [-0.2, 0) is 14.3 Å². The molecule has 0 spiro atoms. The minimum atomic E-state index is 0. The highest BCUT2D eigenvalue weighted by Gasteiger charge is 2.32. The second-order valence-corrected chi connectivity index (χ2v) is 5.98. The van der Waals surface area contributed by atoms with Gasteiger partial charge < -0.3 is 25.0 Å². The topological polar surface area (TPSA) is 75.2 Å². The van der Waals surface area contributed by atoms with Gasteiger partial charge in [0.05, 0.1) is 12.7 Å². The SMILES string of the molecule is CCCNC(=O)CCNC(=NC)N1CCOC(C2CCCO2)C1.I. The number of morpholine rings is 1. The number of hydrogen-bond donors (Lipinski definition) is 2. The van der Waals surface area contributed by atoms with E-state index in [-0.39, 0.29) is 42.1 Å². The van der Waals surface area contributed by atoms with Gasteiger partial charge in [0.1, 0.15) is 6.10 Å². The number of aliphatic imine (C=N–C) groups is 1. The molecule has 8 heteroatoms. The van der Waals surface area contributed by atoms with Crippen molar-refractivity contribution in [3.63, 3.8) is 0 Å². The van der Waals surface area contributed by atoms with Crippen LogP contribution in [0.4, 0.5) is 0 Å². The quantitative estimate of drug-likeness (QED) is 0.356. The molecule has 0 saturated carbocycles. The Morgan fingerprint density at radius 1 is 1.21 bits per heavy atom. The van der Waals surface area contributed by atoms with Crippen LogP contribution in [-0.4, -0.2) is 75.4 Å². The molecule has 2 saturated heterocycles. The number of carbonyl (C=O) groups excluding carboxylic acids is 1. The fourth-order valence-corrected chi connectivity index (χ4v) is 2.96. The van der Waals surface area contributed by atoms with Gasteiger partial charge in [-0.2, -0.15) is 0 Å². The zero-order valence-corrected chi connectivity index (χ0v) is 17.1. The molecule has 0 aromatic heterocycles. The molecule has 2 aliphatic rings. The lowest BCUT2D eigenvalue weighted by molar-refractivity contribution is -0.120. The maximum atomic E-state index is 11.6. The van der Waals surface area contributed by atoms with Crippen molar-refractivity contribution in [1.82, 2.24) is 15.5 Å². The van der Waals surface area contributed by atoms with Crippen LogP contribution in [0.2, 0.25) is 0 Å². The van der Waals surface area contributed by atoms with E-state index in [1.54, 1.807) is 7.05 Å². The lowest BCUT2D eigenvalue weighted by Gasteiger charge is -2.37. The van der Waals surface area contributed by atoms with Gasteiger partial charge in [-0.25, -0.2) is 0 Å². The Labute approximate surface area is 161 Å². The molecule has 2 N–H and O–H groups in total. The fourth-order valence-electron chi connectivity index (χ4n) is 2.96. The van der Waals surface area contributed by atoms with E-state index in [0.29, 0.717) is 19.6 Å². The molecule has 2 heterocycles. The summed E-state index contributed by atoms with van der Waals surface area (Å²) in [7, 11) is 1.77. The minimum Gasteiger partial charge on any atom is -0.375 e. The standard InChI is InChI=1S/C16H30N4O3.HI/c1-3-7-18-15(21)6-8-19-16(17-2)20-9-11-23-14(12-20)13-5-4-10-22-13;/h13-14H,3-12H2,1-2H3,(H,17,19)(H,18,21);1H. The molecule has 2 atom stereocenters. The summed E-state index contributed by atoms with van der Waals surface area (Å²) >= 11 is 0. The second kappa shape index (κ2) is 11.9. The predicted octanol–water partition coefficient (Wildman–Crippen LogP) is 0.976. The third-order valence-electron chi connectivity index (χ3n) is 4.19. The lowest BCUT2D eigenvalue weighted by Crippen LogP contribution is -2.53. The Morgan fingerprint density at radius 3 is 2.67 bits per heavy atom. The van der Waals surface area contributed by atoms with Gasteiger partial charge in [0.15, 0.2) is 5.96 Å². The molecule has 0 aliphatic carbocycles. The van der Waals surface area contributed by atoms with E-state index in [4.69, 9.17) is 9.47 Å². The van der Waals surface area contributed by atoms with Crippen molar-refractivity contribution in [3.8, 4) is 0 Å². The van der Waals surface area contributed by atoms with E-state index in [0.717, 1.165) is 51.5 Å². The Balaban J connectivity index is 0.00000288. The molecule has 140 valence electrons. The maximum Gasteiger partial charge on any atom is 0.221 e. The molecule has 24 heavy (non-hydrogen) atoms. The summed E-state index contributed by atoms with van der Waals surface area (Å²) < 4.78 is 11.6. The summed E-state index contributed by atoms with van der Waals surface area (Å²) in [6.07, 6.45) is 3.91. The van der Waals surface area contributed by atoms with Crippen molar-refractivity contribution >= 4 is 35.8 Å². The fraction of sp³-hybridized carbons (Fsp3) is 0.875. The average Bonchev–Trinajstić information content (AvgIpc) is 3.11. The van der Waals surface area contributed by atoms with Gasteiger partial charge in [-0.1, -0.05) is 6.92 Å². The number of nitrogens with one attached hydrogen (secondary N) is 2. The van der Waals surface area contributed by atoms with Gasteiger partial charge >= 0.3 is 0 Å². The van der Waals surface area contributed by atoms with Crippen molar-refractivity contribution in [2.45, 2.75) is 44.8 Å². The van der Waals surface area contributed by atoms with Crippen LogP contribution in [0.25, 0.3) is 0 Å². The molecule has 2 aliphatic heterocycles. The molecular formula is C16H31IN4O3. The van der Waals surface area contributed by atoms with Crippen LogP contribution in [0.1, 0.15) is 32.6 Å². The molecule has 7 nitrogen and oxygen atoms in total. The summed E-state index contributed by atoms with van der Waals surface area (Å²) in [6.45, 7) is 6.48. The first-order chi connectivity index (χ1) is 11.2. The third-order valence-corrected chi connectivity index (χ3v) is 4.19. The molecule has 0 radical (unpaired) electrons. The Bertz CT molecular complexity index is 403. The Kier molecular flexibility index (Phi) is 10.6. The Hall–Kier alpha value is -0.610. The van der Waals surface area contributed by atoms with Gasteiger partial charge in [-0.15, -0.1) is 24.0 Å². The van der Waals surface area contributed by atoms with E-state index < -0.39 is 0 Å². The first-order valence-corrected chi connectivity index (χ1v) is 8.70. The van der Waals surface area contributed by atoms with Crippen molar-refractivity contribution in [2.24, 2.45) is 4.99 Å². The van der Waals surface area contributed by atoms with E-state index in [2.05, 4.69) is 20.5 Å². The number of ether oxygens (including phenoxy) is 2. The first-order valence-electron chi connectivity index (χ1n) is 8.70. The van der Waals surface area contributed by atoms with E-state index >= 15 is 0 Å². The summed E-state index contributed by atoms with van der Waals surface area (Å²) in [6, 6.07) is 0. The van der Waals surface area contributed by atoms with Crippen molar-refractivity contribution < 1.29 is 14.3 Å². The molecular weight excluding hydrogens is 423 g/mol. The number of hydrogen-bond acceptors (Lipinski definition) is 4. The normalized spacial score (nSPS) is 24.4. The minimum absolute atomic E-state index is 0. The molecule has 0 aromatic rings. The molecule has 2 rings (SSSR count). The van der Waals surface area contributed by atoms with Crippen LogP contribution in [0.5, 0.6) is 0 Å². The number of guanidine groups is 1. The van der Waals surface area contributed by atoms with Crippen molar-refractivity contribution in [1.29, 1.82) is 0 Å². The zero-order chi connectivity index (χ0) is 16.5. The van der Waals surface area contributed by atoms with E-state index in [1.807, 2.05) is 6.92 Å². The van der Waals surface area contributed by atoms with Gasteiger partial charge in [0.2, 0.25) is 5.91 Å². The first kappa shape index (κ1) is 21.4. The number of carbonyl (C=O) groups is 1. The van der Waals surface area contributed by atoms with Crippen molar-refractivity contribution in [3.05, 3.63) is 0 Å². The summed E-state index contributed by atoms with van der Waals surface area (Å²) in [5.74, 6) is 0.911. The molecule has 1 amide bonds.